The average Bonchev–Trinajstić information content (AvgIpc) is 2.66. The van der Waals surface area contributed by atoms with Crippen LogP contribution in [0.25, 0.3) is 0 Å². The molecule has 4 rings (SSSR count). The SMILES string of the molecule is CC(C)(C)OC(=O)N1CCN2c3cnc(Nc4cc(Cl)ncn4)cc3OCC2C1. The summed E-state index contributed by atoms with van der Waals surface area (Å²) >= 11 is 5.89. The second-order valence-corrected chi connectivity index (χ2v) is 8.36. The van der Waals surface area contributed by atoms with Crippen molar-refractivity contribution < 1.29 is 14.3 Å². The summed E-state index contributed by atoms with van der Waals surface area (Å²) in [7, 11) is 0. The van der Waals surface area contributed by atoms with Gasteiger partial charge in [0.2, 0.25) is 0 Å². The number of carbonyl (C=O) groups excluding carboxylic acids is 1. The maximum Gasteiger partial charge on any atom is 0.410 e. The Morgan fingerprint density at radius 3 is 2.79 bits per heavy atom. The van der Waals surface area contributed by atoms with Gasteiger partial charge in [-0.3, -0.25) is 0 Å². The van der Waals surface area contributed by atoms with Gasteiger partial charge in [-0.05, 0) is 20.8 Å². The Hall–Kier alpha value is -2.81. The molecule has 2 aromatic rings. The summed E-state index contributed by atoms with van der Waals surface area (Å²) in [6.45, 7) is 7.92. The van der Waals surface area contributed by atoms with Crippen molar-refractivity contribution in [2.75, 3.05) is 36.5 Å². The van der Waals surface area contributed by atoms with E-state index in [0.29, 0.717) is 43.0 Å². The number of piperazine rings is 1. The monoisotopic (exact) mass is 418 g/mol. The number of anilines is 3. The third kappa shape index (κ3) is 4.45. The highest BCUT2D eigenvalue weighted by Gasteiger charge is 2.36. The Labute approximate surface area is 174 Å². The van der Waals surface area contributed by atoms with Gasteiger partial charge in [-0.15, -0.1) is 0 Å². The van der Waals surface area contributed by atoms with E-state index in [4.69, 9.17) is 21.1 Å². The van der Waals surface area contributed by atoms with Crippen LogP contribution in [-0.2, 0) is 4.74 Å². The molecule has 1 saturated heterocycles. The van der Waals surface area contributed by atoms with E-state index in [1.54, 1.807) is 17.2 Å². The molecule has 10 heteroatoms. The standard InChI is InChI=1S/C19H23ClN6O3/c1-19(2,3)29-18(27)25-4-5-26-12(9-25)10-28-14-6-16(21-8-13(14)26)24-17-7-15(20)22-11-23-17/h6-8,11-12H,4-5,9-10H2,1-3H3,(H,21,22,23,24). The Kier molecular flexibility index (Phi) is 5.08. The zero-order valence-electron chi connectivity index (χ0n) is 16.6. The summed E-state index contributed by atoms with van der Waals surface area (Å²) in [6, 6.07) is 3.52. The first-order valence-electron chi connectivity index (χ1n) is 9.40. The van der Waals surface area contributed by atoms with E-state index in [0.717, 1.165) is 11.4 Å². The van der Waals surface area contributed by atoms with Crippen molar-refractivity contribution in [3.05, 3.63) is 29.8 Å². The van der Waals surface area contributed by atoms with Crippen molar-refractivity contribution in [1.29, 1.82) is 0 Å². The zero-order valence-corrected chi connectivity index (χ0v) is 17.3. The van der Waals surface area contributed by atoms with Crippen molar-refractivity contribution in [3.63, 3.8) is 0 Å². The number of rotatable bonds is 2. The topological polar surface area (TPSA) is 92.7 Å². The lowest BCUT2D eigenvalue weighted by atomic mass is 10.1. The van der Waals surface area contributed by atoms with E-state index < -0.39 is 5.60 Å². The third-order valence-electron chi connectivity index (χ3n) is 4.61. The number of aromatic nitrogens is 3. The molecule has 2 aliphatic rings. The van der Waals surface area contributed by atoms with Gasteiger partial charge in [-0.2, -0.15) is 0 Å². The maximum absolute atomic E-state index is 12.4. The Morgan fingerprint density at radius 1 is 1.24 bits per heavy atom. The molecule has 1 fully saturated rings. The minimum Gasteiger partial charge on any atom is -0.489 e. The van der Waals surface area contributed by atoms with Crippen LogP contribution in [0.15, 0.2) is 24.7 Å². The number of amides is 1. The first-order valence-corrected chi connectivity index (χ1v) is 9.78. The second-order valence-electron chi connectivity index (χ2n) is 7.97. The average molecular weight is 419 g/mol. The van der Waals surface area contributed by atoms with E-state index in [1.165, 1.54) is 6.33 Å². The van der Waals surface area contributed by atoms with Crippen LogP contribution >= 0.6 is 11.6 Å². The number of pyridine rings is 1. The second kappa shape index (κ2) is 7.55. The largest absolute Gasteiger partial charge is 0.489 e. The van der Waals surface area contributed by atoms with Crippen LogP contribution in [0, 0.1) is 0 Å². The normalized spacial score (nSPS) is 18.4. The van der Waals surface area contributed by atoms with Crippen molar-refractivity contribution in [2.24, 2.45) is 0 Å². The summed E-state index contributed by atoms with van der Waals surface area (Å²) in [6.07, 6.45) is 2.87. The van der Waals surface area contributed by atoms with Crippen LogP contribution in [-0.4, -0.2) is 63.8 Å². The van der Waals surface area contributed by atoms with E-state index >= 15 is 0 Å². The maximum atomic E-state index is 12.4. The van der Waals surface area contributed by atoms with Crippen molar-refractivity contribution in [1.82, 2.24) is 19.9 Å². The lowest BCUT2D eigenvalue weighted by Crippen LogP contribution is -2.59. The summed E-state index contributed by atoms with van der Waals surface area (Å²) in [5.41, 5.74) is 0.404. The predicted molar refractivity (Wildman–Crippen MR) is 109 cm³/mol. The quantitative estimate of drug-likeness (QED) is 0.744. The molecule has 154 valence electrons. The van der Waals surface area contributed by atoms with Crippen LogP contribution in [0.3, 0.4) is 0 Å². The molecule has 0 saturated carbocycles. The lowest BCUT2D eigenvalue weighted by molar-refractivity contribution is 0.0195. The highest BCUT2D eigenvalue weighted by atomic mass is 35.5. The highest BCUT2D eigenvalue weighted by Crippen LogP contribution is 2.36. The van der Waals surface area contributed by atoms with Crippen LogP contribution in [0.5, 0.6) is 5.75 Å². The van der Waals surface area contributed by atoms with Crippen molar-refractivity contribution in [2.45, 2.75) is 32.4 Å². The number of fused-ring (bicyclic) bond motifs is 3. The molecule has 0 radical (unpaired) electrons. The lowest BCUT2D eigenvalue weighted by Gasteiger charge is -2.45. The molecular weight excluding hydrogens is 396 g/mol. The number of hydrogen-bond acceptors (Lipinski definition) is 8. The predicted octanol–water partition coefficient (Wildman–Crippen LogP) is 3.09. The van der Waals surface area contributed by atoms with Crippen LogP contribution in [0.1, 0.15) is 20.8 Å². The van der Waals surface area contributed by atoms with Crippen LogP contribution in [0.4, 0.5) is 22.1 Å². The summed E-state index contributed by atoms with van der Waals surface area (Å²) in [5, 5.41) is 3.45. The van der Waals surface area contributed by atoms with E-state index in [1.807, 2.05) is 26.8 Å². The van der Waals surface area contributed by atoms with Crippen LogP contribution < -0.4 is 15.0 Å². The molecule has 2 aliphatic heterocycles. The minimum absolute atomic E-state index is 0.0602. The Bertz CT molecular complexity index is 919. The van der Waals surface area contributed by atoms with Crippen molar-refractivity contribution in [3.8, 4) is 5.75 Å². The van der Waals surface area contributed by atoms with Gasteiger partial charge in [0.25, 0.3) is 0 Å². The van der Waals surface area contributed by atoms with Gasteiger partial charge in [-0.1, -0.05) is 11.6 Å². The molecule has 29 heavy (non-hydrogen) atoms. The molecule has 0 aliphatic carbocycles. The fraction of sp³-hybridized carbons (Fsp3) is 0.474. The van der Waals surface area contributed by atoms with E-state index in [2.05, 4.69) is 25.2 Å². The number of ether oxygens (including phenoxy) is 2. The zero-order chi connectivity index (χ0) is 20.6. The van der Waals surface area contributed by atoms with E-state index in [-0.39, 0.29) is 12.1 Å². The molecule has 1 N–H and O–H groups in total. The third-order valence-corrected chi connectivity index (χ3v) is 4.82. The first kappa shape index (κ1) is 19.5. The first-order chi connectivity index (χ1) is 13.8. The van der Waals surface area contributed by atoms with Crippen LogP contribution in [0.2, 0.25) is 5.15 Å². The molecule has 0 spiro atoms. The smallest absolute Gasteiger partial charge is 0.410 e. The van der Waals surface area contributed by atoms with Gasteiger partial charge < -0.3 is 24.6 Å². The van der Waals surface area contributed by atoms with Gasteiger partial charge in [0.15, 0.2) is 0 Å². The molecule has 9 nitrogen and oxygen atoms in total. The Balaban J connectivity index is 1.45. The molecule has 0 aromatic carbocycles. The Morgan fingerprint density at radius 2 is 2.03 bits per heavy atom. The highest BCUT2D eigenvalue weighted by molar-refractivity contribution is 6.29. The number of halogens is 1. The number of nitrogens with one attached hydrogen (secondary N) is 1. The summed E-state index contributed by atoms with van der Waals surface area (Å²) in [5.74, 6) is 1.89. The van der Waals surface area contributed by atoms with Gasteiger partial charge in [0.05, 0.1) is 17.9 Å². The molecule has 1 atom stereocenters. The number of nitrogens with zero attached hydrogens (tertiary/aromatic N) is 5. The van der Waals surface area contributed by atoms with E-state index in [9.17, 15) is 4.79 Å². The van der Waals surface area contributed by atoms with Gasteiger partial charge in [-0.25, -0.2) is 19.7 Å². The summed E-state index contributed by atoms with van der Waals surface area (Å²) in [4.78, 5) is 28.8. The van der Waals surface area contributed by atoms with Crippen molar-refractivity contribution >= 4 is 35.0 Å². The molecule has 1 amide bonds. The number of hydrogen-bond donors (Lipinski definition) is 1. The molecule has 0 bridgehead atoms. The molecule has 1 unspecified atom stereocenters. The minimum atomic E-state index is -0.509. The van der Waals surface area contributed by atoms with Gasteiger partial charge in [0.1, 0.15) is 41.1 Å². The van der Waals surface area contributed by atoms with Gasteiger partial charge >= 0.3 is 6.09 Å². The summed E-state index contributed by atoms with van der Waals surface area (Å²) < 4.78 is 11.5. The molecule has 4 heterocycles. The fourth-order valence-electron chi connectivity index (χ4n) is 3.36. The molecule has 2 aromatic heterocycles. The molecular formula is C19H23ClN6O3. The number of carbonyl (C=O) groups is 1. The van der Waals surface area contributed by atoms with Gasteiger partial charge in [0, 0.05) is 31.8 Å². The fourth-order valence-corrected chi connectivity index (χ4v) is 3.50.